The number of pyridine rings is 1. The number of carbonyl (C=O) groups is 2. The first-order valence-electron chi connectivity index (χ1n) is 11.1. The maximum atomic E-state index is 12.9. The monoisotopic (exact) mass is 458 g/mol. The number of carbonyl (C=O) groups excluding carboxylic acids is 2. The zero-order chi connectivity index (χ0) is 23.9. The van der Waals surface area contributed by atoms with Crippen LogP contribution in [0.2, 0.25) is 0 Å². The maximum absolute atomic E-state index is 12.9. The van der Waals surface area contributed by atoms with Crippen LogP contribution in [0.4, 0.5) is 0 Å². The molecular formula is C26H26N4O4. The molecule has 1 N–H and O–H groups in total. The van der Waals surface area contributed by atoms with Crippen LogP contribution >= 0.6 is 0 Å². The summed E-state index contributed by atoms with van der Waals surface area (Å²) in [7, 11) is 0. The number of hydrogen-bond acceptors (Lipinski definition) is 6. The Balaban J connectivity index is 1.39. The van der Waals surface area contributed by atoms with Crippen molar-refractivity contribution in [1.82, 2.24) is 20.1 Å². The lowest BCUT2D eigenvalue weighted by atomic mass is 10.1. The van der Waals surface area contributed by atoms with Crippen molar-refractivity contribution in [2.75, 3.05) is 19.8 Å². The lowest BCUT2D eigenvalue weighted by Gasteiger charge is -2.10. The van der Waals surface area contributed by atoms with Crippen LogP contribution in [0.15, 0.2) is 66.9 Å². The minimum atomic E-state index is -0.605. The van der Waals surface area contributed by atoms with Gasteiger partial charge in [0.2, 0.25) is 0 Å². The molecule has 4 aromatic rings. The third-order valence-corrected chi connectivity index (χ3v) is 5.22. The van der Waals surface area contributed by atoms with Gasteiger partial charge in [0, 0.05) is 12.1 Å². The largest absolute Gasteiger partial charge is 0.492 e. The molecule has 8 heteroatoms. The van der Waals surface area contributed by atoms with Gasteiger partial charge in [0.25, 0.3) is 5.91 Å². The minimum Gasteiger partial charge on any atom is -0.492 e. The Morgan fingerprint density at radius 3 is 2.65 bits per heavy atom. The topological polar surface area (TPSA) is 95.3 Å². The summed E-state index contributed by atoms with van der Waals surface area (Å²) < 4.78 is 12.6. The van der Waals surface area contributed by atoms with E-state index >= 15 is 0 Å². The zero-order valence-corrected chi connectivity index (χ0v) is 19.2. The SMILES string of the molecule is CCn1ncc2c(C(=O)OCC(=O)NCCOc3cccc(C)c3)cc(-c3ccccc3)nc21. The number of nitrogens with one attached hydrogen (secondary N) is 1. The summed E-state index contributed by atoms with van der Waals surface area (Å²) in [6.45, 7) is 4.76. The summed E-state index contributed by atoms with van der Waals surface area (Å²) >= 11 is 0. The summed E-state index contributed by atoms with van der Waals surface area (Å²) in [5.74, 6) is -0.269. The van der Waals surface area contributed by atoms with Crippen molar-refractivity contribution in [3.8, 4) is 17.0 Å². The van der Waals surface area contributed by atoms with E-state index in [1.165, 1.54) is 0 Å². The number of amides is 1. The molecule has 0 bridgehead atoms. The van der Waals surface area contributed by atoms with Crippen LogP contribution in [0, 0.1) is 6.92 Å². The van der Waals surface area contributed by atoms with E-state index in [0.717, 1.165) is 16.9 Å². The predicted molar refractivity (Wildman–Crippen MR) is 129 cm³/mol. The quantitative estimate of drug-likeness (QED) is 0.303. The molecule has 0 fully saturated rings. The van der Waals surface area contributed by atoms with Crippen LogP contribution in [0.1, 0.15) is 22.8 Å². The van der Waals surface area contributed by atoms with Gasteiger partial charge in [0.15, 0.2) is 12.3 Å². The average molecular weight is 459 g/mol. The van der Waals surface area contributed by atoms with Gasteiger partial charge in [-0.05, 0) is 37.6 Å². The molecule has 0 radical (unpaired) electrons. The molecule has 0 aliphatic rings. The van der Waals surface area contributed by atoms with E-state index in [4.69, 9.17) is 14.5 Å². The number of fused-ring (bicyclic) bond motifs is 1. The predicted octanol–water partition coefficient (Wildman–Crippen LogP) is 3.78. The van der Waals surface area contributed by atoms with E-state index < -0.39 is 18.5 Å². The van der Waals surface area contributed by atoms with Crippen molar-refractivity contribution in [3.63, 3.8) is 0 Å². The molecule has 2 heterocycles. The van der Waals surface area contributed by atoms with Gasteiger partial charge in [-0.25, -0.2) is 14.5 Å². The Kier molecular flexibility index (Phi) is 7.17. The summed E-state index contributed by atoms with van der Waals surface area (Å²) in [5.41, 5.74) is 3.51. The smallest absolute Gasteiger partial charge is 0.339 e. The number of aryl methyl sites for hydroxylation is 2. The van der Waals surface area contributed by atoms with Crippen LogP contribution in [0.25, 0.3) is 22.3 Å². The van der Waals surface area contributed by atoms with Gasteiger partial charge in [-0.2, -0.15) is 5.10 Å². The van der Waals surface area contributed by atoms with Crippen LogP contribution in [-0.2, 0) is 16.1 Å². The summed E-state index contributed by atoms with van der Waals surface area (Å²) in [4.78, 5) is 29.8. The van der Waals surface area contributed by atoms with Gasteiger partial charge in [-0.3, -0.25) is 4.79 Å². The number of ether oxygens (including phenoxy) is 2. The number of nitrogens with zero attached hydrogens (tertiary/aromatic N) is 3. The molecule has 0 unspecified atom stereocenters. The molecule has 0 aliphatic heterocycles. The van der Waals surface area contributed by atoms with Crippen molar-refractivity contribution in [1.29, 1.82) is 0 Å². The molecule has 34 heavy (non-hydrogen) atoms. The van der Waals surface area contributed by atoms with Crippen LogP contribution in [0.3, 0.4) is 0 Å². The highest BCUT2D eigenvalue weighted by molar-refractivity contribution is 6.04. The second-order valence-corrected chi connectivity index (χ2v) is 7.71. The Hall–Kier alpha value is -4.20. The number of hydrogen-bond donors (Lipinski definition) is 1. The van der Waals surface area contributed by atoms with Crippen LogP contribution in [0.5, 0.6) is 5.75 Å². The summed E-state index contributed by atoms with van der Waals surface area (Å²) in [6, 6.07) is 18.9. The van der Waals surface area contributed by atoms with Crippen molar-refractivity contribution in [2.45, 2.75) is 20.4 Å². The third-order valence-electron chi connectivity index (χ3n) is 5.22. The fraction of sp³-hybridized carbons (Fsp3) is 0.231. The van der Waals surface area contributed by atoms with Crippen LogP contribution in [-0.4, -0.2) is 46.4 Å². The molecule has 8 nitrogen and oxygen atoms in total. The molecule has 0 atom stereocenters. The van der Waals surface area contributed by atoms with E-state index in [0.29, 0.717) is 42.0 Å². The maximum Gasteiger partial charge on any atom is 0.339 e. The molecule has 0 aliphatic carbocycles. The van der Waals surface area contributed by atoms with E-state index in [2.05, 4.69) is 10.4 Å². The normalized spacial score (nSPS) is 10.8. The van der Waals surface area contributed by atoms with E-state index in [-0.39, 0.29) is 0 Å². The standard InChI is InChI=1S/C26H26N4O4/c1-3-30-25-22(16-28-30)21(15-23(29-25)19-9-5-4-6-10-19)26(32)34-17-24(31)27-12-13-33-20-11-7-8-18(2)14-20/h4-11,14-16H,3,12-13,17H2,1-2H3,(H,27,31). The average Bonchev–Trinajstić information content (AvgIpc) is 3.28. The minimum absolute atomic E-state index is 0.297. The molecule has 0 saturated heterocycles. The Morgan fingerprint density at radius 2 is 1.88 bits per heavy atom. The van der Waals surface area contributed by atoms with E-state index in [1.54, 1.807) is 16.9 Å². The molecule has 0 spiro atoms. The van der Waals surface area contributed by atoms with Crippen molar-refractivity contribution >= 4 is 22.9 Å². The van der Waals surface area contributed by atoms with E-state index in [9.17, 15) is 9.59 Å². The van der Waals surface area contributed by atoms with E-state index in [1.807, 2.05) is 68.4 Å². The number of benzene rings is 2. The highest BCUT2D eigenvalue weighted by atomic mass is 16.5. The van der Waals surface area contributed by atoms with Gasteiger partial charge >= 0.3 is 5.97 Å². The van der Waals surface area contributed by atoms with Gasteiger partial charge in [-0.1, -0.05) is 42.5 Å². The van der Waals surface area contributed by atoms with Gasteiger partial charge in [0.1, 0.15) is 12.4 Å². The first kappa shape index (κ1) is 23.0. The van der Waals surface area contributed by atoms with Crippen molar-refractivity contribution in [3.05, 3.63) is 78.0 Å². The molecule has 2 aromatic heterocycles. The highest BCUT2D eigenvalue weighted by Gasteiger charge is 2.19. The zero-order valence-electron chi connectivity index (χ0n) is 19.2. The number of aromatic nitrogens is 3. The first-order chi connectivity index (χ1) is 16.5. The third kappa shape index (κ3) is 5.40. The molecule has 4 rings (SSSR count). The number of rotatable bonds is 9. The fourth-order valence-corrected chi connectivity index (χ4v) is 3.53. The molecule has 174 valence electrons. The first-order valence-corrected chi connectivity index (χ1v) is 11.1. The van der Waals surface area contributed by atoms with Crippen LogP contribution < -0.4 is 10.1 Å². The lowest BCUT2D eigenvalue weighted by Crippen LogP contribution is -2.32. The summed E-state index contributed by atoms with van der Waals surface area (Å²) in [6.07, 6.45) is 1.60. The van der Waals surface area contributed by atoms with Gasteiger partial charge in [-0.15, -0.1) is 0 Å². The highest BCUT2D eigenvalue weighted by Crippen LogP contribution is 2.25. The summed E-state index contributed by atoms with van der Waals surface area (Å²) in [5, 5.41) is 7.59. The molecule has 0 saturated carbocycles. The second-order valence-electron chi connectivity index (χ2n) is 7.71. The Bertz CT molecular complexity index is 1300. The second kappa shape index (κ2) is 10.6. The van der Waals surface area contributed by atoms with Crippen molar-refractivity contribution in [2.24, 2.45) is 0 Å². The molecular weight excluding hydrogens is 432 g/mol. The van der Waals surface area contributed by atoms with Crippen molar-refractivity contribution < 1.29 is 19.1 Å². The Labute approximate surface area is 197 Å². The Morgan fingerprint density at radius 1 is 1.06 bits per heavy atom. The molecule has 2 aromatic carbocycles. The fourth-order valence-electron chi connectivity index (χ4n) is 3.53. The molecule has 1 amide bonds. The number of esters is 1. The lowest BCUT2D eigenvalue weighted by molar-refractivity contribution is -0.124. The van der Waals surface area contributed by atoms with Gasteiger partial charge in [0.05, 0.1) is 29.4 Å². The van der Waals surface area contributed by atoms with Gasteiger partial charge < -0.3 is 14.8 Å².